The molecule has 106 valence electrons. The monoisotopic (exact) mass is 281 g/mol. The molecular formula is C16H24ClNO. The number of aliphatic hydroxyl groups is 1. The fourth-order valence-electron chi connectivity index (χ4n) is 2.89. The molecule has 1 fully saturated rings. The molecule has 2 N–H and O–H groups in total. The van der Waals surface area contributed by atoms with Gasteiger partial charge in [0, 0.05) is 17.6 Å². The Morgan fingerprint density at radius 1 is 1.21 bits per heavy atom. The zero-order valence-electron chi connectivity index (χ0n) is 11.7. The van der Waals surface area contributed by atoms with Crippen molar-refractivity contribution in [1.29, 1.82) is 0 Å². The van der Waals surface area contributed by atoms with Crippen molar-refractivity contribution in [1.82, 2.24) is 5.32 Å². The first kappa shape index (κ1) is 14.8. The summed E-state index contributed by atoms with van der Waals surface area (Å²) in [5.74, 6) is 0. The average molecular weight is 282 g/mol. The number of hydrogen-bond acceptors (Lipinski definition) is 2. The summed E-state index contributed by atoms with van der Waals surface area (Å²) in [5, 5.41) is 14.8. The lowest BCUT2D eigenvalue weighted by atomic mass is 9.84. The van der Waals surface area contributed by atoms with Crippen molar-refractivity contribution >= 4 is 11.6 Å². The summed E-state index contributed by atoms with van der Waals surface area (Å²) in [6, 6.07) is 8.28. The lowest BCUT2D eigenvalue weighted by Crippen LogP contribution is -2.43. The van der Waals surface area contributed by atoms with E-state index in [9.17, 15) is 5.11 Å². The highest BCUT2D eigenvalue weighted by Gasteiger charge is 2.29. The lowest BCUT2D eigenvalue weighted by Gasteiger charge is -2.34. The van der Waals surface area contributed by atoms with Gasteiger partial charge in [-0.3, -0.25) is 0 Å². The fraction of sp³-hybridized carbons (Fsp3) is 0.625. The molecule has 3 heteroatoms. The molecule has 0 bridgehead atoms. The first-order valence-electron chi connectivity index (χ1n) is 7.34. The summed E-state index contributed by atoms with van der Waals surface area (Å²) >= 11 is 5.92. The van der Waals surface area contributed by atoms with Gasteiger partial charge in [0.1, 0.15) is 0 Å². The van der Waals surface area contributed by atoms with Gasteiger partial charge in [0.05, 0.1) is 5.60 Å². The molecule has 1 aromatic carbocycles. The van der Waals surface area contributed by atoms with Crippen molar-refractivity contribution in [2.75, 3.05) is 6.54 Å². The molecule has 0 aliphatic heterocycles. The van der Waals surface area contributed by atoms with Crippen LogP contribution >= 0.6 is 11.6 Å². The summed E-state index contributed by atoms with van der Waals surface area (Å²) in [4.78, 5) is 0. The zero-order chi connectivity index (χ0) is 13.7. The largest absolute Gasteiger partial charge is 0.389 e. The van der Waals surface area contributed by atoms with Gasteiger partial charge in [-0.05, 0) is 37.0 Å². The van der Waals surface area contributed by atoms with Crippen LogP contribution in [0.5, 0.6) is 0 Å². The van der Waals surface area contributed by atoms with Crippen LogP contribution in [0.4, 0.5) is 0 Å². The van der Waals surface area contributed by atoms with Crippen LogP contribution in [-0.2, 0) is 0 Å². The number of halogens is 1. The normalized spacial score (nSPS) is 20.2. The van der Waals surface area contributed by atoms with Crippen LogP contribution < -0.4 is 5.32 Å². The maximum atomic E-state index is 10.5. The predicted octanol–water partition coefficient (Wildman–Crippen LogP) is 4.08. The van der Waals surface area contributed by atoms with E-state index in [1.807, 2.05) is 12.1 Å². The summed E-state index contributed by atoms with van der Waals surface area (Å²) in [6.07, 6.45) is 6.42. The minimum absolute atomic E-state index is 0.295. The van der Waals surface area contributed by atoms with Crippen molar-refractivity contribution < 1.29 is 5.11 Å². The number of benzene rings is 1. The van der Waals surface area contributed by atoms with Crippen molar-refractivity contribution in [2.45, 2.75) is 57.1 Å². The van der Waals surface area contributed by atoms with Gasteiger partial charge in [0.2, 0.25) is 0 Å². The lowest BCUT2D eigenvalue weighted by molar-refractivity contribution is 0.00248. The van der Waals surface area contributed by atoms with E-state index in [0.29, 0.717) is 12.6 Å². The van der Waals surface area contributed by atoms with Crippen LogP contribution in [0.1, 0.15) is 57.1 Å². The Balaban J connectivity index is 1.93. The standard InChI is InChI=1S/C16H24ClNO/c1-2-15(13-6-8-14(17)9-7-13)18-12-16(19)10-4-3-5-11-16/h6-9,15,18-19H,2-5,10-12H2,1H3. The maximum absolute atomic E-state index is 10.5. The third-order valence-corrected chi connectivity index (χ3v) is 4.39. The molecule has 1 saturated carbocycles. The van der Waals surface area contributed by atoms with Gasteiger partial charge in [-0.2, -0.15) is 0 Å². The van der Waals surface area contributed by atoms with E-state index in [4.69, 9.17) is 11.6 Å². The molecule has 2 nitrogen and oxygen atoms in total. The second-order valence-electron chi connectivity index (χ2n) is 5.68. The molecule has 0 spiro atoms. The topological polar surface area (TPSA) is 32.3 Å². The Morgan fingerprint density at radius 2 is 1.84 bits per heavy atom. The summed E-state index contributed by atoms with van der Waals surface area (Å²) < 4.78 is 0. The molecule has 1 unspecified atom stereocenters. The van der Waals surface area contributed by atoms with Crippen LogP contribution in [0.3, 0.4) is 0 Å². The van der Waals surface area contributed by atoms with E-state index >= 15 is 0 Å². The van der Waals surface area contributed by atoms with Gasteiger partial charge in [-0.15, -0.1) is 0 Å². The second-order valence-corrected chi connectivity index (χ2v) is 6.11. The molecule has 1 aromatic rings. The van der Waals surface area contributed by atoms with Crippen molar-refractivity contribution in [3.63, 3.8) is 0 Å². The van der Waals surface area contributed by atoms with Gasteiger partial charge in [-0.1, -0.05) is 49.9 Å². The van der Waals surface area contributed by atoms with Gasteiger partial charge >= 0.3 is 0 Å². The average Bonchev–Trinajstić information content (AvgIpc) is 2.42. The van der Waals surface area contributed by atoms with Gasteiger partial charge in [0.25, 0.3) is 0 Å². The van der Waals surface area contributed by atoms with E-state index in [1.165, 1.54) is 12.0 Å². The van der Waals surface area contributed by atoms with Crippen LogP contribution in [0.2, 0.25) is 5.02 Å². The predicted molar refractivity (Wildman–Crippen MR) is 80.5 cm³/mol. The van der Waals surface area contributed by atoms with Crippen LogP contribution in [-0.4, -0.2) is 17.3 Å². The summed E-state index contributed by atoms with van der Waals surface area (Å²) in [7, 11) is 0. The molecule has 1 aliphatic carbocycles. The first-order valence-corrected chi connectivity index (χ1v) is 7.72. The molecular weight excluding hydrogens is 258 g/mol. The van der Waals surface area contributed by atoms with Crippen LogP contribution in [0.15, 0.2) is 24.3 Å². The Morgan fingerprint density at radius 3 is 2.42 bits per heavy atom. The zero-order valence-corrected chi connectivity index (χ0v) is 12.4. The minimum Gasteiger partial charge on any atom is -0.389 e. The van der Waals surface area contributed by atoms with Crippen molar-refractivity contribution in [3.8, 4) is 0 Å². The van der Waals surface area contributed by atoms with Crippen LogP contribution in [0.25, 0.3) is 0 Å². The van der Waals surface area contributed by atoms with Crippen LogP contribution in [0, 0.1) is 0 Å². The fourth-order valence-corrected chi connectivity index (χ4v) is 3.02. The Labute approximate surface area is 121 Å². The quantitative estimate of drug-likeness (QED) is 0.852. The summed E-state index contributed by atoms with van der Waals surface area (Å²) in [5.41, 5.74) is 0.740. The molecule has 19 heavy (non-hydrogen) atoms. The molecule has 0 amide bonds. The molecule has 2 rings (SSSR count). The van der Waals surface area contributed by atoms with E-state index in [-0.39, 0.29) is 0 Å². The molecule has 1 aliphatic rings. The SMILES string of the molecule is CCC(NCC1(O)CCCCC1)c1ccc(Cl)cc1. The molecule has 1 atom stereocenters. The van der Waals surface area contributed by atoms with E-state index < -0.39 is 5.60 Å². The Bertz CT molecular complexity index is 384. The highest BCUT2D eigenvalue weighted by Crippen LogP contribution is 2.28. The first-order chi connectivity index (χ1) is 9.13. The van der Waals surface area contributed by atoms with Crippen molar-refractivity contribution in [3.05, 3.63) is 34.9 Å². The van der Waals surface area contributed by atoms with Gasteiger partial charge in [-0.25, -0.2) is 0 Å². The molecule has 0 radical (unpaired) electrons. The third-order valence-electron chi connectivity index (χ3n) is 4.14. The third kappa shape index (κ3) is 4.20. The van der Waals surface area contributed by atoms with E-state index in [1.54, 1.807) is 0 Å². The Kier molecular flexibility index (Phi) is 5.26. The maximum Gasteiger partial charge on any atom is 0.0771 e. The van der Waals surface area contributed by atoms with Crippen molar-refractivity contribution in [2.24, 2.45) is 0 Å². The summed E-state index contributed by atoms with van der Waals surface area (Å²) in [6.45, 7) is 2.85. The molecule has 0 aromatic heterocycles. The minimum atomic E-state index is -0.502. The molecule has 0 heterocycles. The molecule has 0 saturated heterocycles. The van der Waals surface area contributed by atoms with Gasteiger partial charge in [0.15, 0.2) is 0 Å². The number of nitrogens with one attached hydrogen (secondary N) is 1. The highest BCUT2D eigenvalue weighted by atomic mass is 35.5. The Hall–Kier alpha value is -0.570. The van der Waals surface area contributed by atoms with Gasteiger partial charge < -0.3 is 10.4 Å². The number of rotatable bonds is 5. The smallest absolute Gasteiger partial charge is 0.0771 e. The highest BCUT2D eigenvalue weighted by molar-refractivity contribution is 6.30. The number of hydrogen-bond donors (Lipinski definition) is 2. The van der Waals surface area contributed by atoms with E-state index in [2.05, 4.69) is 24.4 Å². The van der Waals surface area contributed by atoms with E-state index in [0.717, 1.165) is 37.1 Å². The second kappa shape index (κ2) is 6.74.